The molecular formula is C35H51N3O6. The fraction of sp³-hybridized carbons (Fsp3) is 0.543. The smallest absolute Gasteiger partial charge is 0.408 e. The molecule has 0 aliphatic rings. The number of nitrogens with zero attached hydrogens (tertiary/aromatic N) is 1. The van der Waals surface area contributed by atoms with Crippen molar-refractivity contribution in [3.63, 3.8) is 0 Å². The standard InChI is InChI=1S/C35H51N3O6/c1-10-11-15-22-38(31(40)25(3)36-33(42)44-35(7,8)9)29(27-20-18-24(2)19-21-27)30(39)37-28(32(41)43-34(4,5)6)23-26-16-13-12-14-17-26/h12-14,16-21,25,28-29H,10-11,15,22-23H2,1-9H3,(H,36,42)(H,37,39). The molecule has 0 aliphatic heterocycles. The molecule has 0 heterocycles. The average Bonchev–Trinajstić information content (AvgIpc) is 2.91. The highest BCUT2D eigenvalue weighted by atomic mass is 16.6. The van der Waals surface area contributed by atoms with Crippen LogP contribution in [0.2, 0.25) is 0 Å². The minimum atomic E-state index is -1.07. The van der Waals surface area contributed by atoms with Crippen LogP contribution in [0.25, 0.3) is 0 Å². The molecule has 3 unspecified atom stereocenters. The van der Waals surface area contributed by atoms with Gasteiger partial charge in [-0.3, -0.25) is 9.59 Å². The van der Waals surface area contributed by atoms with Crippen molar-refractivity contribution < 1.29 is 28.7 Å². The molecule has 2 aromatic rings. The highest BCUT2D eigenvalue weighted by Crippen LogP contribution is 2.25. The Hall–Kier alpha value is -3.88. The first-order valence-electron chi connectivity index (χ1n) is 15.4. The summed E-state index contributed by atoms with van der Waals surface area (Å²) in [5, 5.41) is 5.54. The van der Waals surface area contributed by atoms with Gasteiger partial charge in [0.25, 0.3) is 0 Å². The van der Waals surface area contributed by atoms with Gasteiger partial charge in [0, 0.05) is 13.0 Å². The Balaban J connectivity index is 2.51. The monoisotopic (exact) mass is 609 g/mol. The number of aryl methyl sites for hydroxylation is 1. The van der Waals surface area contributed by atoms with Crippen LogP contribution in [-0.4, -0.2) is 58.6 Å². The highest BCUT2D eigenvalue weighted by molar-refractivity contribution is 5.93. The number of rotatable bonds is 13. The Kier molecular flexibility index (Phi) is 13.4. The van der Waals surface area contributed by atoms with E-state index in [4.69, 9.17) is 9.47 Å². The molecule has 2 rings (SSSR count). The number of benzene rings is 2. The van der Waals surface area contributed by atoms with E-state index < -0.39 is 53.2 Å². The van der Waals surface area contributed by atoms with Crippen LogP contribution in [0.15, 0.2) is 54.6 Å². The Morgan fingerprint density at radius 2 is 1.41 bits per heavy atom. The molecule has 9 heteroatoms. The van der Waals surface area contributed by atoms with Crippen molar-refractivity contribution in [2.75, 3.05) is 6.54 Å². The number of esters is 1. The van der Waals surface area contributed by atoms with Gasteiger partial charge in [0.2, 0.25) is 11.8 Å². The lowest BCUT2D eigenvalue weighted by atomic mass is 9.99. The average molecular weight is 610 g/mol. The van der Waals surface area contributed by atoms with E-state index in [1.807, 2.05) is 61.5 Å². The van der Waals surface area contributed by atoms with Gasteiger partial charge in [0.15, 0.2) is 0 Å². The van der Waals surface area contributed by atoms with Gasteiger partial charge in [-0.1, -0.05) is 79.9 Å². The van der Waals surface area contributed by atoms with E-state index in [9.17, 15) is 19.2 Å². The Bertz CT molecular complexity index is 1230. The SMILES string of the molecule is CCCCCN(C(=O)C(C)NC(=O)OC(C)(C)C)C(C(=O)NC(Cc1ccccc1)C(=O)OC(C)(C)C)c1ccc(C)cc1. The summed E-state index contributed by atoms with van der Waals surface area (Å²) in [4.78, 5) is 55.7. The fourth-order valence-corrected chi connectivity index (χ4v) is 4.58. The molecule has 44 heavy (non-hydrogen) atoms. The summed E-state index contributed by atoms with van der Waals surface area (Å²) in [6, 6.07) is 13.7. The molecule has 3 atom stereocenters. The predicted octanol–water partition coefficient (Wildman–Crippen LogP) is 6.04. The number of alkyl carbamates (subject to hydrolysis) is 1. The van der Waals surface area contributed by atoms with E-state index in [0.29, 0.717) is 12.0 Å². The third kappa shape index (κ3) is 12.4. The number of hydrogen-bond donors (Lipinski definition) is 2. The maximum Gasteiger partial charge on any atom is 0.408 e. The molecule has 0 fully saturated rings. The Morgan fingerprint density at radius 3 is 1.95 bits per heavy atom. The van der Waals surface area contributed by atoms with Gasteiger partial charge < -0.3 is 25.0 Å². The van der Waals surface area contributed by atoms with Crippen molar-refractivity contribution in [3.05, 3.63) is 71.3 Å². The summed E-state index contributed by atoms with van der Waals surface area (Å²) in [5.74, 6) is -1.53. The zero-order chi connectivity index (χ0) is 33.1. The second kappa shape index (κ2) is 16.3. The zero-order valence-electron chi connectivity index (χ0n) is 27.9. The molecule has 3 amide bonds. The number of nitrogens with one attached hydrogen (secondary N) is 2. The molecule has 2 aromatic carbocycles. The second-order valence-electron chi connectivity index (χ2n) is 13.2. The van der Waals surface area contributed by atoms with E-state index >= 15 is 0 Å². The lowest BCUT2D eigenvalue weighted by Gasteiger charge is -2.35. The molecule has 0 radical (unpaired) electrons. The number of hydrogen-bond acceptors (Lipinski definition) is 6. The summed E-state index contributed by atoms with van der Waals surface area (Å²) in [6.45, 7) is 16.4. The van der Waals surface area contributed by atoms with Crippen molar-refractivity contribution in [2.24, 2.45) is 0 Å². The molecule has 0 aliphatic carbocycles. The van der Waals surface area contributed by atoms with Gasteiger partial charge in [-0.15, -0.1) is 0 Å². The number of ether oxygens (including phenoxy) is 2. The molecular weight excluding hydrogens is 558 g/mol. The van der Waals surface area contributed by atoms with E-state index in [2.05, 4.69) is 17.6 Å². The minimum absolute atomic E-state index is 0.211. The molecule has 0 saturated carbocycles. The first-order valence-corrected chi connectivity index (χ1v) is 15.4. The molecule has 9 nitrogen and oxygen atoms in total. The van der Waals surface area contributed by atoms with Crippen LogP contribution < -0.4 is 10.6 Å². The number of unbranched alkanes of at least 4 members (excludes halogenated alkanes) is 2. The van der Waals surface area contributed by atoms with Gasteiger partial charge in [-0.25, -0.2) is 9.59 Å². The molecule has 0 saturated heterocycles. The van der Waals surface area contributed by atoms with Gasteiger partial charge in [-0.05, 0) is 72.9 Å². The van der Waals surface area contributed by atoms with Gasteiger partial charge >= 0.3 is 12.1 Å². The highest BCUT2D eigenvalue weighted by Gasteiger charge is 2.37. The third-order valence-corrected chi connectivity index (χ3v) is 6.63. The Morgan fingerprint density at radius 1 is 0.818 bits per heavy atom. The van der Waals surface area contributed by atoms with E-state index in [1.165, 1.54) is 4.90 Å². The van der Waals surface area contributed by atoms with Crippen molar-refractivity contribution in [2.45, 2.75) is 117 Å². The first-order chi connectivity index (χ1) is 20.5. The quantitative estimate of drug-likeness (QED) is 0.212. The summed E-state index contributed by atoms with van der Waals surface area (Å²) in [6.07, 6.45) is 1.89. The van der Waals surface area contributed by atoms with Crippen LogP contribution in [-0.2, 0) is 30.3 Å². The van der Waals surface area contributed by atoms with Gasteiger partial charge in [0.1, 0.15) is 29.3 Å². The zero-order valence-corrected chi connectivity index (χ0v) is 27.9. The lowest BCUT2D eigenvalue weighted by molar-refractivity contribution is -0.159. The minimum Gasteiger partial charge on any atom is -0.458 e. The molecule has 0 bridgehead atoms. The van der Waals surface area contributed by atoms with Crippen molar-refractivity contribution >= 4 is 23.9 Å². The van der Waals surface area contributed by atoms with Crippen LogP contribution in [0.4, 0.5) is 4.79 Å². The fourth-order valence-electron chi connectivity index (χ4n) is 4.58. The maximum atomic E-state index is 14.3. The van der Waals surface area contributed by atoms with E-state index in [0.717, 1.165) is 24.0 Å². The third-order valence-electron chi connectivity index (χ3n) is 6.63. The van der Waals surface area contributed by atoms with Gasteiger partial charge in [0.05, 0.1) is 0 Å². The molecule has 0 aromatic heterocycles. The predicted molar refractivity (Wildman–Crippen MR) is 172 cm³/mol. The van der Waals surface area contributed by atoms with Crippen LogP contribution in [0.1, 0.15) is 97.4 Å². The summed E-state index contributed by atoms with van der Waals surface area (Å²) in [5.41, 5.74) is 0.921. The van der Waals surface area contributed by atoms with Crippen LogP contribution in [0.5, 0.6) is 0 Å². The summed E-state index contributed by atoms with van der Waals surface area (Å²) in [7, 11) is 0. The topological polar surface area (TPSA) is 114 Å². The van der Waals surface area contributed by atoms with Crippen molar-refractivity contribution in [3.8, 4) is 0 Å². The number of carbonyl (C=O) groups excluding carboxylic acids is 4. The summed E-state index contributed by atoms with van der Waals surface area (Å²) >= 11 is 0. The van der Waals surface area contributed by atoms with Gasteiger partial charge in [-0.2, -0.15) is 0 Å². The van der Waals surface area contributed by atoms with Crippen molar-refractivity contribution in [1.29, 1.82) is 0 Å². The number of carbonyl (C=O) groups is 4. The molecule has 242 valence electrons. The van der Waals surface area contributed by atoms with Crippen molar-refractivity contribution in [1.82, 2.24) is 15.5 Å². The normalized spacial score (nSPS) is 13.7. The van der Waals surface area contributed by atoms with Crippen LogP contribution in [0.3, 0.4) is 0 Å². The summed E-state index contributed by atoms with van der Waals surface area (Å²) < 4.78 is 11.1. The lowest BCUT2D eigenvalue weighted by Crippen LogP contribution is -2.54. The Labute approximate surface area is 263 Å². The first kappa shape index (κ1) is 36.3. The number of amides is 3. The van der Waals surface area contributed by atoms with E-state index in [-0.39, 0.29) is 13.0 Å². The maximum absolute atomic E-state index is 14.3. The second-order valence-corrected chi connectivity index (χ2v) is 13.2. The van der Waals surface area contributed by atoms with Crippen LogP contribution in [0, 0.1) is 6.92 Å². The molecule has 0 spiro atoms. The largest absolute Gasteiger partial charge is 0.458 e. The molecule has 2 N–H and O–H groups in total. The van der Waals surface area contributed by atoms with Crippen LogP contribution >= 0.6 is 0 Å². The van der Waals surface area contributed by atoms with E-state index in [1.54, 1.807) is 48.5 Å².